The normalized spacial score (nSPS) is 12.2. The van der Waals surface area contributed by atoms with Crippen molar-refractivity contribution in [2.45, 2.75) is 44.3 Å². The Hall–Kier alpha value is -2.95. The van der Waals surface area contributed by atoms with E-state index in [-0.39, 0.29) is 34.1 Å². The molecule has 0 aliphatic carbocycles. The number of carbonyl (C=O) groups excluding carboxylic acids is 2. The van der Waals surface area contributed by atoms with Crippen LogP contribution in [0.3, 0.4) is 0 Å². The van der Waals surface area contributed by atoms with E-state index in [4.69, 9.17) is 11.6 Å². The van der Waals surface area contributed by atoms with Gasteiger partial charge in [-0.05, 0) is 68.8 Å². The van der Waals surface area contributed by atoms with E-state index < -0.39 is 34.3 Å². The van der Waals surface area contributed by atoms with Crippen molar-refractivity contribution in [2.75, 3.05) is 10.8 Å². The fourth-order valence-corrected chi connectivity index (χ4v) is 5.76. The molecule has 3 aromatic rings. The van der Waals surface area contributed by atoms with Crippen molar-refractivity contribution in [3.63, 3.8) is 0 Å². The van der Waals surface area contributed by atoms with Crippen LogP contribution in [0.25, 0.3) is 0 Å². The molecule has 0 aromatic heterocycles. The van der Waals surface area contributed by atoms with Crippen molar-refractivity contribution in [3.05, 3.63) is 93.7 Å². The number of sulfonamides is 1. The molecule has 11 heteroatoms. The predicted octanol–water partition coefficient (Wildman–Crippen LogP) is 5.38. The number of anilines is 1. The maximum absolute atomic E-state index is 13.9. The molecule has 2 amide bonds. The summed E-state index contributed by atoms with van der Waals surface area (Å²) in [6, 6.07) is 17.2. The number of nitrogens with one attached hydrogen (secondary N) is 1. The fraction of sp³-hybridized carbons (Fsp3) is 0.259. The predicted molar refractivity (Wildman–Crippen MR) is 150 cm³/mol. The van der Waals surface area contributed by atoms with Crippen molar-refractivity contribution in [1.82, 2.24) is 10.2 Å². The summed E-state index contributed by atoms with van der Waals surface area (Å²) >= 11 is 9.38. The topological polar surface area (TPSA) is 86.8 Å². The van der Waals surface area contributed by atoms with Crippen molar-refractivity contribution in [2.24, 2.45) is 0 Å². The van der Waals surface area contributed by atoms with Gasteiger partial charge in [0.25, 0.3) is 10.0 Å². The second kappa shape index (κ2) is 12.7. The molecule has 3 rings (SSSR count). The summed E-state index contributed by atoms with van der Waals surface area (Å²) in [7, 11) is -4.26. The SMILES string of the molecule is CC(C)NC(=O)C(C)N(Cc1cccc(Br)c1)C(=O)CN(c1ccc(F)c(Cl)c1)S(=O)(=O)c1ccccc1. The molecule has 0 fully saturated rings. The monoisotopic (exact) mass is 623 g/mol. The summed E-state index contributed by atoms with van der Waals surface area (Å²) in [5.74, 6) is -1.74. The van der Waals surface area contributed by atoms with Crippen molar-refractivity contribution >= 4 is 55.1 Å². The van der Waals surface area contributed by atoms with E-state index in [1.54, 1.807) is 51.1 Å². The van der Waals surface area contributed by atoms with Gasteiger partial charge >= 0.3 is 0 Å². The van der Waals surface area contributed by atoms with E-state index in [9.17, 15) is 22.4 Å². The van der Waals surface area contributed by atoms with Crippen LogP contribution < -0.4 is 9.62 Å². The minimum Gasteiger partial charge on any atom is -0.352 e. The first-order chi connectivity index (χ1) is 17.9. The lowest BCUT2D eigenvalue weighted by atomic mass is 10.1. The van der Waals surface area contributed by atoms with Gasteiger partial charge in [-0.2, -0.15) is 0 Å². The Balaban J connectivity index is 2.05. The molecular formula is C27H28BrClFN3O4S. The zero-order valence-electron chi connectivity index (χ0n) is 21.1. The van der Waals surface area contributed by atoms with Gasteiger partial charge in [0.15, 0.2) is 0 Å². The lowest BCUT2D eigenvalue weighted by Crippen LogP contribution is -2.52. The Morgan fingerprint density at radius 3 is 2.29 bits per heavy atom. The van der Waals surface area contributed by atoms with E-state index in [0.717, 1.165) is 26.5 Å². The van der Waals surface area contributed by atoms with Crippen LogP contribution in [0.5, 0.6) is 0 Å². The zero-order chi connectivity index (χ0) is 28.0. The van der Waals surface area contributed by atoms with Crippen LogP contribution in [-0.4, -0.2) is 43.8 Å². The molecule has 1 unspecified atom stereocenters. The number of nitrogens with zero attached hydrogens (tertiary/aromatic N) is 2. The van der Waals surface area contributed by atoms with Crippen LogP contribution in [0.4, 0.5) is 10.1 Å². The zero-order valence-corrected chi connectivity index (χ0v) is 24.2. The Morgan fingerprint density at radius 2 is 1.68 bits per heavy atom. The Bertz CT molecular complexity index is 1410. The van der Waals surface area contributed by atoms with Crippen LogP contribution in [0.1, 0.15) is 26.3 Å². The molecule has 0 spiro atoms. The first-order valence-corrected chi connectivity index (χ1v) is 14.4. The van der Waals surface area contributed by atoms with Crippen molar-refractivity contribution in [1.29, 1.82) is 0 Å². The molecular weight excluding hydrogens is 597 g/mol. The van der Waals surface area contributed by atoms with E-state index in [1.165, 1.54) is 23.1 Å². The van der Waals surface area contributed by atoms with Gasteiger partial charge in [-0.25, -0.2) is 12.8 Å². The quantitative estimate of drug-likeness (QED) is 0.328. The minimum atomic E-state index is -4.26. The largest absolute Gasteiger partial charge is 0.352 e. The molecule has 1 N–H and O–H groups in total. The molecule has 0 saturated heterocycles. The number of amides is 2. The average Bonchev–Trinajstić information content (AvgIpc) is 2.87. The second-order valence-corrected chi connectivity index (χ2v) is 12.1. The first kappa shape index (κ1) is 29.6. The molecule has 0 saturated carbocycles. The smallest absolute Gasteiger partial charge is 0.264 e. The lowest BCUT2D eigenvalue weighted by molar-refractivity contribution is -0.139. The van der Waals surface area contributed by atoms with Gasteiger partial charge in [0.2, 0.25) is 11.8 Å². The standard InChI is InChI=1S/C27H28BrClFN3O4S/c1-18(2)31-27(35)19(3)32(16-20-8-7-9-21(28)14-20)26(34)17-33(22-12-13-25(30)24(29)15-22)38(36,37)23-10-5-4-6-11-23/h4-15,18-19H,16-17H2,1-3H3,(H,31,35). The van der Waals surface area contributed by atoms with E-state index in [1.807, 2.05) is 12.1 Å². The summed E-state index contributed by atoms with van der Waals surface area (Å²) in [5, 5.41) is 2.50. The molecule has 0 aliphatic heterocycles. The third-order valence-electron chi connectivity index (χ3n) is 5.64. The van der Waals surface area contributed by atoms with Gasteiger partial charge in [-0.3, -0.25) is 13.9 Å². The highest BCUT2D eigenvalue weighted by Gasteiger charge is 2.33. The van der Waals surface area contributed by atoms with Gasteiger partial charge in [-0.15, -0.1) is 0 Å². The van der Waals surface area contributed by atoms with Crippen LogP contribution in [0, 0.1) is 5.82 Å². The van der Waals surface area contributed by atoms with Crippen LogP contribution in [-0.2, 0) is 26.2 Å². The summed E-state index contributed by atoms with van der Waals surface area (Å²) in [4.78, 5) is 28.0. The van der Waals surface area contributed by atoms with Gasteiger partial charge < -0.3 is 10.2 Å². The fourth-order valence-electron chi connectivity index (χ4n) is 3.71. The number of benzene rings is 3. The molecule has 1 atom stereocenters. The maximum atomic E-state index is 13.9. The van der Waals surface area contributed by atoms with E-state index in [2.05, 4.69) is 21.2 Å². The van der Waals surface area contributed by atoms with E-state index >= 15 is 0 Å². The van der Waals surface area contributed by atoms with Crippen LogP contribution >= 0.6 is 27.5 Å². The number of halogens is 3. The summed E-state index contributed by atoms with van der Waals surface area (Å²) < 4.78 is 42.9. The summed E-state index contributed by atoms with van der Waals surface area (Å²) in [6.45, 7) is 4.59. The average molecular weight is 625 g/mol. The van der Waals surface area contributed by atoms with Crippen molar-refractivity contribution in [3.8, 4) is 0 Å². The molecule has 0 aliphatic rings. The Kier molecular flexibility index (Phi) is 9.92. The van der Waals surface area contributed by atoms with Gasteiger partial charge in [0.1, 0.15) is 18.4 Å². The maximum Gasteiger partial charge on any atom is 0.264 e. The van der Waals surface area contributed by atoms with E-state index in [0.29, 0.717) is 0 Å². The van der Waals surface area contributed by atoms with Gasteiger partial charge in [-0.1, -0.05) is 57.9 Å². The number of rotatable bonds is 10. The van der Waals surface area contributed by atoms with Gasteiger partial charge in [0, 0.05) is 17.1 Å². The first-order valence-electron chi connectivity index (χ1n) is 11.8. The second-order valence-electron chi connectivity index (χ2n) is 8.91. The third-order valence-corrected chi connectivity index (χ3v) is 8.21. The minimum absolute atomic E-state index is 0.00953. The highest BCUT2D eigenvalue weighted by atomic mass is 79.9. The molecule has 202 valence electrons. The number of carbonyl (C=O) groups is 2. The number of hydrogen-bond acceptors (Lipinski definition) is 4. The van der Waals surface area contributed by atoms with Gasteiger partial charge in [0.05, 0.1) is 15.6 Å². The molecule has 0 radical (unpaired) electrons. The third kappa shape index (κ3) is 7.33. The summed E-state index contributed by atoms with van der Waals surface area (Å²) in [6.07, 6.45) is 0. The highest BCUT2D eigenvalue weighted by molar-refractivity contribution is 9.10. The number of hydrogen-bond donors (Lipinski definition) is 1. The molecule has 7 nitrogen and oxygen atoms in total. The Labute approximate surface area is 235 Å². The molecule has 0 bridgehead atoms. The van der Waals surface area contributed by atoms with Crippen LogP contribution in [0.2, 0.25) is 5.02 Å². The van der Waals surface area contributed by atoms with Crippen molar-refractivity contribution < 1.29 is 22.4 Å². The summed E-state index contributed by atoms with van der Waals surface area (Å²) in [5.41, 5.74) is 0.745. The molecule has 3 aromatic carbocycles. The lowest BCUT2D eigenvalue weighted by Gasteiger charge is -2.32. The Morgan fingerprint density at radius 1 is 1.00 bits per heavy atom. The molecule has 38 heavy (non-hydrogen) atoms. The van der Waals surface area contributed by atoms with Crippen LogP contribution in [0.15, 0.2) is 82.2 Å². The highest BCUT2D eigenvalue weighted by Crippen LogP contribution is 2.28. The molecule has 0 heterocycles.